The Balaban J connectivity index is 2.44. The van der Waals surface area contributed by atoms with Gasteiger partial charge >= 0.3 is 0 Å². The number of amides is 1. The molecule has 2 unspecified atom stereocenters. The Morgan fingerprint density at radius 3 is 2.93 bits per heavy atom. The third kappa shape index (κ3) is 2.90. The van der Waals surface area contributed by atoms with Crippen molar-refractivity contribution in [2.45, 2.75) is 31.6 Å². The first kappa shape index (κ1) is 11.4. The summed E-state index contributed by atoms with van der Waals surface area (Å²) in [6, 6.07) is 0.489. The van der Waals surface area contributed by atoms with Crippen LogP contribution in [0.1, 0.15) is 20.3 Å². The summed E-state index contributed by atoms with van der Waals surface area (Å²) in [4.78, 5) is 15.1. The average Bonchev–Trinajstić information content (AvgIpc) is 2.55. The molecule has 2 N–H and O–H groups in total. The first-order valence-corrected chi connectivity index (χ1v) is 5.73. The molecule has 0 aromatic rings. The summed E-state index contributed by atoms with van der Waals surface area (Å²) in [6.45, 7) is 4.54. The summed E-state index contributed by atoms with van der Waals surface area (Å²) in [6.07, 6.45) is 1.09. The second-order valence-electron chi connectivity index (χ2n) is 3.28. The summed E-state index contributed by atoms with van der Waals surface area (Å²) in [5.41, 5.74) is 0. The van der Waals surface area contributed by atoms with Gasteiger partial charge in [0.25, 0.3) is 0 Å². The van der Waals surface area contributed by atoms with Gasteiger partial charge in [0.15, 0.2) is 5.17 Å². The van der Waals surface area contributed by atoms with Gasteiger partial charge in [0, 0.05) is 18.3 Å². The number of rotatable bonds is 3. The predicted octanol–water partition coefficient (Wildman–Crippen LogP) is 0.592. The van der Waals surface area contributed by atoms with E-state index >= 15 is 0 Å². The molecule has 0 aliphatic carbocycles. The van der Waals surface area contributed by atoms with Crippen molar-refractivity contribution in [1.82, 2.24) is 10.6 Å². The maximum atomic E-state index is 10.9. The number of amidine groups is 1. The molecule has 0 aromatic carbocycles. The van der Waals surface area contributed by atoms with Crippen LogP contribution in [0.15, 0.2) is 4.99 Å². The highest BCUT2D eigenvalue weighted by Gasteiger charge is 2.26. The summed E-state index contributed by atoms with van der Waals surface area (Å²) >= 11 is 1.71. The molecule has 80 valence electrons. The number of carbonyl (C=O) groups excluding carboxylic acids is 1. The molecule has 1 aliphatic heterocycles. The number of hydrogen-bond acceptors (Lipinski definition) is 3. The van der Waals surface area contributed by atoms with Crippen LogP contribution in [0.25, 0.3) is 0 Å². The van der Waals surface area contributed by atoms with E-state index in [1.807, 2.05) is 0 Å². The van der Waals surface area contributed by atoms with E-state index in [0.29, 0.717) is 11.3 Å². The predicted molar refractivity (Wildman–Crippen MR) is 60.6 cm³/mol. The average molecular weight is 215 g/mol. The normalized spacial score (nSPS) is 28.9. The van der Waals surface area contributed by atoms with E-state index in [1.165, 1.54) is 0 Å². The lowest BCUT2D eigenvalue weighted by Gasteiger charge is -2.09. The molecule has 0 spiro atoms. The minimum Gasteiger partial charge on any atom is -0.361 e. The van der Waals surface area contributed by atoms with E-state index in [9.17, 15) is 4.79 Å². The molecule has 0 aromatic heterocycles. The maximum Gasteiger partial charge on any atom is 0.241 e. The zero-order chi connectivity index (χ0) is 10.6. The molecule has 1 saturated heterocycles. The lowest BCUT2D eigenvalue weighted by molar-refractivity contribution is -0.119. The van der Waals surface area contributed by atoms with E-state index in [-0.39, 0.29) is 12.5 Å². The van der Waals surface area contributed by atoms with Crippen LogP contribution in [-0.2, 0) is 4.79 Å². The first-order chi connectivity index (χ1) is 6.67. The third-order valence-electron chi connectivity index (χ3n) is 2.26. The molecule has 0 bridgehead atoms. The molecule has 1 heterocycles. The smallest absolute Gasteiger partial charge is 0.241 e. The monoisotopic (exact) mass is 215 g/mol. The highest BCUT2D eigenvalue weighted by atomic mass is 32.2. The van der Waals surface area contributed by atoms with E-state index in [0.717, 1.165) is 11.6 Å². The van der Waals surface area contributed by atoms with E-state index in [4.69, 9.17) is 0 Å². The molecule has 1 amide bonds. The highest BCUT2D eigenvalue weighted by molar-refractivity contribution is 8.14. The molecule has 1 rings (SSSR count). The van der Waals surface area contributed by atoms with Crippen LogP contribution in [-0.4, -0.2) is 36.0 Å². The molecule has 2 atom stereocenters. The van der Waals surface area contributed by atoms with Gasteiger partial charge in [0.05, 0.1) is 0 Å². The van der Waals surface area contributed by atoms with Gasteiger partial charge in [-0.25, -0.2) is 0 Å². The number of carbonyl (C=O) groups is 1. The van der Waals surface area contributed by atoms with Gasteiger partial charge < -0.3 is 10.6 Å². The number of aliphatic imine (C=N–C) groups is 1. The van der Waals surface area contributed by atoms with Gasteiger partial charge in [0.1, 0.15) is 6.54 Å². The fourth-order valence-corrected chi connectivity index (χ4v) is 2.44. The third-order valence-corrected chi connectivity index (χ3v) is 3.43. The molecule has 1 aliphatic rings. The molecule has 4 nitrogen and oxygen atoms in total. The molecule has 1 fully saturated rings. The van der Waals surface area contributed by atoms with Crippen molar-refractivity contribution >= 4 is 22.8 Å². The van der Waals surface area contributed by atoms with Gasteiger partial charge in [-0.3, -0.25) is 9.79 Å². The van der Waals surface area contributed by atoms with E-state index in [2.05, 4.69) is 29.5 Å². The topological polar surface area (TPSA) is 53.5 Å². The minimum atomic E-state index is -0.0486. The molecule has 0 radical (unpaired) electrons. The molecule has 5 heteroatoms. The lowest BCUT2D eigenvalue weighted by atomic mass is 10.2. The second-order valence-corrected chi connectivity index (χ2v) is 4.64. The van der Waals surface area contributed by atoms with Crippen LogP contribution in [0.4, 0.5) is 0 Å². The summed E-state index contributed by atoms with van der Waals surface area (Å²) in [5.74, 6) is -0.0486. The SMILES string of the molecule is CCC1NC(=NCC(=O)NC)SC1C. The summed E-state index contributed by atoms with van der Waals surface area (Å²) in [7, 11) is 1.62. The van der Waals surface area contributed by atoms with Gasteiger partial charge in [-0.05, 0) is 6.42 Å². The maximum absolute atomic E-state index is 10.9. The Labute approximate surface area is 88.9 Å². The molecule has 14 heavy (non-hydrogen) atoms. The zero-order valence-electron chi connectivity index (χ0n) is 8.83. The van der Waals surface area contributed by atoms with Crippen molar-refractivity contribution in [2.24, 2.45) is 4.99 Å². The van der Waals surface area contributed by atoms with Gasteiger partial charge in [-0.1, -0.05) is 25.6 Å². The first-order valence-electron chi connectivity index (χ1n) is 4.85. The highest BCUT2D eigenvalue weighted by Crippen LogP contribution is 2.24. The van der Waals surface area contributed by atoms with Gasteiger partial charge in [-0.15, -0.1) is 0 Å². The van der Waals surface area contributed by atoms with Crippen molar-refractivity contribution in [1.29, 1.82) is 0 Å². The molecular weight excluding hydrogens is 198 g/mol. The van der Waals surface area contributed by atoms with Crippen molar-refractivity contribution in [2.75, 3.05) is 13.6 Å². The largest absolute Gasteiger partial charge is 0.361 e. The van der Waals surface area contributed by atoms with E-state index < -0.39 is 0 Å². The second kappa shape index (κ2) is 5.24. The van der Waals surface area contributed by atoms with Gasteiger partial charge in [0.2, 0.25) is 5.91 Å². The molecular formula is C9H17N3OS. The lowest BCUT2D eigenvalue weighted by Crippen LogP contribution is -2.30. The zero-order valence-corrected chi connectivity index (χ0v) is 9.65. The number of likely N-dealkylation sites (N-methyl/N-ethyl adjacent to an activating group) is 1. The summed E-state index contributed by atoms with van der Waals surface area (Å²) < 4.78 is 0. The Morgan fingerprint density at radius 1 is 1.71 bits per heavy atom. The van der Waals surface area contributed by atoms with Crippen LogP contribution in [0.5, 0.6) is 0 Å². The molecule has 0 saturated carbocycles. The number of hydrogen-bond donors (Lipinski definition) is 2. The van der Waals surface area contributed by atoms with Crippen molar-refractivity contribution in [3.8, 4) is 0 Å². The Morgan fingerprint density at radius 2 is 2.43 bits per heavy atom. The van der Waals surface area contributed by atoms with Crippen molar-refractivity contribution < 1.29 is 4.79 Å². The van der Waals surface area contributed by atoms with Crippen LogP contribution >= 0.6 is 11.8 Å². The number of nitrogens with one attached hydrogen (secondary N) is 2. The van der Waals surface area contributed by atoms with E-state index in [1.54, 1.807) is 18.8 Å². The summed E-state index contributed by atoms with van der Waals surface area (Å²) in [5, 5.41) is 7.29. The number of nitrogens with zero attached hydrogens (tertiary/aromatic N) is 1. The van der Waals surface area contributed by atoms with Crippen LogP contribution < -0.4 is 10.6 Å². The van der Waals surface area contributed by atoms with Crippen LogP contribution in [0.3, 0.4) is 0 Å². The van der Waals surface area contributed by atoms with Crippen LogP contribution in [0.2, 0.25) is 0 Å². The fraction of sp³-hybridized carbons (Fsp3) is 0.778. The van der Waals surface area contributed by atoms with Crippen molar-refractivity contribution in [3.05, 3.63) is 0 Å². The fourth-order valence-electron chi connectivity index (χ4n) is 1.31. The minimum absolute atomic E-state index is 0.0486. The standard InChI is InChI=1S/C9H17N3OS/c1-4-7-6(2)14-9(12-7)11-5-8(13)10-3/h6-7H,4-5H2,1-3H3,(H,10,13)(H,11,12). The van der Waals surface area contributed by atoms with Crippen molar-refractivity contribution in [3.63, 3.8) is 0 Å². The van der Waals surface area contributed by atoms with Gasteiger partial charge in [-0.2, -0.15) is 0 Å². The Kier molecular flexibility index (Phi) is 4.25. The number of thioether (sulfide) groups is 1. The quantitative estimate of drug-likeness (QED) is 0.724. The Bertz CT molecular complexity index is 242. The Hall–Kier alpha value is -0.710. The van der Waals surface area contributed by atoms with Crippen LogP contribution in [0, 0.1) is 0 Å².